The number of rotatable bonds is 4. The molecule has 0 radical (unpaired) electrons. The number of hydrogen-bond acceptors (Lipinski definition) is 2. The van der Waals surface area contributed by atoms with E-state index in [1.807, 2.05) is 68.4 Å². The topological polar surface area (TPSA) is 9.23 Å². The predicted octanol–water partition coefficient (Wildman–Crippen LogP) is 5.95. The Balaban J connectivity index is 0.000000579. The van der Waals surface area contributed by atoms with Crippen LogP contribution in [-0.2, 0) is 6.61 Å². The second-order valence-electron chi connectivity index (χ2n) is 3.96. The number of thiol groups is 1. The molecule has 0 saturated carbocycles. The Bertz CT molecular complexity index is 458. The summed E-state index contributed by atoms with van der Waals surface area (Å²) in [6.45, 7) is 6.22. The Hall–Kier alpha value is -1.48. The maximum absolute atomic E-state index is 10.7. The smallest absolute Gasteiger partial charge is 0.120 e. The van der Waals surface area contributed by atoms with Gasteiger partial charge < -0.3 is 4.74 Å². The molecule has 0 unspecified atom stereocenters. The van der Waals surface area contributed by atoms with Crippen molar-refractivity contribution in [1.82, 2.24) is 0 Å². The van der Waals surface area contributed by atoms with Gasteiger partial charge in [0.25, 0.3) is 0 Å². The molecule has 2 aromatic rings. The molecule has 21 heavy (non-hydrogen) atoms. The molecular weight excluding hydrogens is 283 g/mol. The molecule has 0 fully saturated rings. The number of alkyl halides is 1. The second kappa shape index (κ2) is 13.5. The molecule has 0 aromatic heterocycles. The molecule has 0 spiro atoms. The first-order valence-electron chi connectivity index (χ1n) is 7.28. The molecule has 0 heterocycles. The van der Waals surface area contributed by atoms with Gasteiger partial charge in [0.2, 0.25) is 0 Å². The molecule has 116 valence electrons. The molecule has 0 atom stereocenters. The number of halogens is 1. The summed E-state index contributed by atoms with van der Waals surface area (Å²) >= 11 is 4.25. The molecule has 0 bridgehead atoms. The molecule has 0 aliphatic carbocycles. The Kier molecular flexibility index (Phi) is 12.5. The average Bonchev–Trinajstić information content (AvgIpc) is 2.56. The van der Waals surface area contributed by atoms with E-state index in [-0.39, 0.29) is 6.67 Å². The van der Waals surface area contributed by atoms with Crippen LogP contribution in [0, 0.1) is 0 Å². The van der Waals surface area contributed by atoms with Gasteiger partial charge in [0, 0.05) is 4.90 Å². The van der Waals surface area contributed by atoms with Gasteiger partial charge in [-0.15, -0.1) is 12.6 Å². The van der Waals surface area contributed by atoms with Crippen molar-refractivity contribution in [3.8, 4) is 5.75 Å². The van der Waals surface area contributed by atoms with Gasteiger partial charge in [-0.3, -0.25) is 4.39 Å². The van der Waals surface area contributed by atoms with Gasteiger partial charge in [0.05, 0.1) is 6.67 Å². The standard InChI is InChI=1S/C13H12OS.C3H7F.C2H6/c15-13-8-4-7-12(9-13)14-10-11-5-2-1-3-6-11;1-2-3-4;1-2/h1-9,15H,10H2;2-3H2,1H3;1-2H3. The fraction of sp³-hybridized carbons (Fsp3) is 0.333. The van der Waals surface area contributed by atoms with Crippen LogP contribution in [0.5, 0.6) is 5.75 Å². The summed E-state index contributed by atoms with van der Waals surface area (Å²) in [5.41, 5.74) is 1.17. The van der Waals surface area contributed by atoms with Crippen LogP contribution in [0.3, 0.4) is 0 Å². The summed E-state index contributed by atoms with van der Waals surface area (Å²) in [6, 6.07) is 17.8. The van der Waals surface area contributed by atoms with Crippen LogP contribution in [-0.4, -0.2) is 6.67 Å². The quantitative estimate of drug-likeness (QED) is 0.687. The first-order chi connectivity index (χ1) is 10.3. The minimum atomic E-state index is -0.181. The third-order valence-corrected chi connectivity index (χ3v) is 2.53. The Morgan fingerprint density at radius 3 is 2.14 bits per heavy atom. The Labute approximate surface area is 133 Å². The molecule has 0 aliphatic rings. The second-order valence-corrected chi connectivity index (χ2v) is 4.48. The van der Waals surface area contributed by atoms with Crippen LogP contribution < -0.4 is 4.74 Å². The van der Waals surface area contributed by atoms with Gasteiger partial charge in [-0.25, -0.2) is 0 Å². The zero-order chi connectivity index (χ0) is 15.9. The lowest BCUT2D eigenvalue weighted by Gasteiger charge is -2.06. The van der Waals surface area contributed by atoms with Gasteiger partial charge >= 0.3 is 0 Å². The van der Waals surface area contributed by atoms with E-state index in [0.29, 0.717) is 13.0 Å². The van der Waals surface area contributed by atoms with Crippen molar-refractivity contribution < 1.29 is 9.13 Å². The van der Waals surface area contributed by atoms with Crippen molar-refractivity contribution in [2.75, 3.05) is 6.67 Å². The van der Waals surface area contributed by atoms with Gasteiger partial charge in [-0.2, -0.15) is 0 Å². The number of hydrogen-bond donors (Lipinski definition) is 1. The lowest BCUT2D eigenvalue weighted by molar-refractivity contribution is 0.305. The fourth-order valence-electron chi connectivity index (χ4n) is 1.31. The molecule has 0 N–H and O–H groups in total. The maximum atomic E-state index is 10.7. The van der Waals surface area contributed by atoms with E-state index >= 15 is 0 Å². The van der Waals surface area contributed by atoms with Crippen LogP contribution in [0.4, 0.5) is 4.39 Å². The highest BCUT2D eigenvalue weighted by Crippen LogP contribution is 2.17. The van der Waals surface area contributed by atoms with Crippen molar-refractivity contribution in [2.45, 2.75) is 38.7 Å². The van der Waals surface area contributed by atoms with E-state index in [0.717, 1.165) is 10.6 Å². The minimum absolute atomic E-state index is 0.181. The largest absolute Gasteiger partial charge is 0.489 e. The van der Waals surface area contributed by atoms with E-state index in [4.69, 9.17) is 4.74 Å². The van der Waals surface area contributed by atoms with Crippen LogP contribution in [0.25, 0.3) is 0 Å². The fourth-order valence-corrected chi connectivity index (χ4v) is 1.53. The molecule has 1 nitrogen and oxygen atoms in total. The van der Waals surface area contributed by atoms with Crippen molar-refractivity contribution in [2.24, 2.45) is 0 Å². The SMILES string of the molecule is CC.CCCF.Sc1cccc(OCc2ccccc2)c1. The molecule has 2 aromatic carbocycles. The normalized spacial score (nSPS) is 8.81. The van der Waals surface area contributed by atoms with Crippen molar-refractivity contribution in [3.63, 3.8) is 0 Å². The zero-order valence-electron chi connectivity index (χ0n) is 13.1. The third-order valence-electron chi connectivity index (χ3n) is 2.25. The predicted molar refractivity (Wildman–Crippen MR) is 92.1 cm³/mol. The van der Waals surface area contributed by atoms with Crippen LogP contribution in [0.15, 0.2) is 59.5 Å². The Morgan fingerprint density at radius 1 is 1.00 bits per heavy atom. The summed E-state index contributed by atoms with van der Waals surface area (Å²) in [5.74, 6) is 0.853. The van der Waals surface area contributed by atoms with Crippen molar-refractivity contribution in [3.05, 3.63) is 60.2 Å². The molecular formula is C18H25FOS. The van der Waals surface area contributed by atoms with E-state index < -0.39 is 0 Å². The summed E-state index contributed by atoms with van der Waals surface area (Å²) < 4.78 is 16.3. The highest BCUT2D eigenvalue weighted by Gasteiger charge is 1.95. The molecule has 2 rings (SSSR count). The van der Waals surface area contributed by atoms with E-state index in [2.05, 4.69) is 12.6 Å². The lowest BCUT2D eigenvalue weighted by atomic mass is 10.2. The number of benzene rings is 2. The van der Waals surface area contributed by atoms with Crippen LogP contribution in [0.2, 0.25) is 0 Å². The summed E-state index contributed by atoms with van der Waals surface area (Å²) in [5, 5.41) is 0. The highest BCUT2D eigenvalue weighted by molar-refractivity contribution is 7.80. The third kappa shape index (κ3) is 9.97. The molecule has 0 saturated heterocycles. The maximum Gasteiger partial charge on any atom is 0.120 e. The zero-order valence-corrected chi connectivity index (χ0v) is 13.9. The van der Waals surface area contributed by atoms with E-state index in [1.54, 1.807) is 6.92 Å². The lowest BCUT2D eigenvalue weighted by Crippen LogP contribution is -1.94. The van der Waals surface area contributed by atoms with Crippen LogP contribution >= 0.6 is 12.6 Å². The average molecular weight is 308 g/mol. The molecule has 3 heteroatoms. The molecule has 0 aliphatic heterocycles. The van der Waals surface area contributed by atoms with Gasteiger partial charge in [-0.05, 0) is 30.2 Å². The molecule has 0 amide bonds. The van der Waals surface area contributed by atoms with E-state index in [9.17, 15) is 4.39 Å². The highest BCUT2D eigenvalue weighted by atomic mass is 32.1. The van der Waals surface area contributed by atoms with Gasteiger partial charge in [0.15, 0.2) is 0 Å². The van der Waals surface area contributed by atoms with Crippen molar-refractivity contribution in [1.29, 1.82) is 0 Å². The van der Waals surface area contributed by atoms with Crippen LogP contribution in [0.1, 0.15) is 32.8 Å². The first-order valence-corrected chi connectivity index (χ1v) is 7.72. The summed E-state index contributed by atoms with van der Waals surface area (Å²) in [4.78, 5) is 0.917. The Morgan fingerprint density at radius 2 is 1.62 bits per heavy atom. The minimum Gasteiger partial charge on any atom is -0.489 e. The first kappa shape index (κ1) is 19.5. The van der Waals surface area contributed by atoms with Crippen molar-refractivity contribution >= 4 is 12.6 Å². The van der Waals surface area contributed by atoms with Gasteiger partial charge in [0.1, 0.15) is 12.4 Å². The van der Waals surface area contributed by atoms with E-state index in [1.165, 1.54) is 5.56 Å². The number of ether oxygens (including phenoxy) is 1. The summed E-state index contributed by atoms with van der Waals surface area (Å²) in [6.07, 6.45) is 0.653. The van der Waals surface area contributed by atoms with Gasteiger partial charge in [-0.1, -0.05) is 57.2 Å². The monoisotopic (exact) mass is 308 g/mol. The summed E-state index contributed by atoms with van der Waals surface area (Å²) in [7, 11) is 0.